The molecule has 1 atom stereocenters. The first kappa shape index (κ1) is 14.1. The highest BCUT2D eigenvalue weighted by atomic mass is 16.4. The van der Waals surface area contributed by atoms with E-state index in [0.717, 1.165) is 11.5 Å². The summed E-state index contributed by atoms with van der Waals surface area (Å²) in [4.78, 5) is 11.1. The maximum absolute atomic E-state index is 11.1. The lowest BCUT2D eigenvalue weighted by molar-refractivity contribution is -0.140. The monoisotopic (exact) mass is 261 g/mol. The smallest absolute Gasteiger partial charge is 0.320 e. The van der Waals surface area contributed by atoms with Gasteiger partial charge in [-0.25, -0.2) is 0 Å². The fourth-order valence-electron chi connectivity index (χ4n) is 2.31. The van der Waals surface area contributed by atoms with Gasteiger partial charge in [-0.2, -0.15) is 0 Å². The van der Waals surface area contributed by atoms with Gasteiger partial charge >= 0.3 is 5.97 Å². The zero-order valence-electron chi connectivity index (χ0n) is 11.7. The summed E-state index contributed by atoms with van der Waals surface area (Å²) in [7, 11) is 0. The van der Waals surface area contributed by atoms with Crippen LogP contribution in [0.3, 0.4) is 0 Å². The summed E-state index contributed by atoms with van der Waals surface area (Å²) in [6.45, 7) is 4.71. The molecule has 2 N–H and O–H groups in total. The summed E-state index contributed by atoms with van der Waals surface area (Å²) in [5.41, 5.74) is 2.57. The predicted molar refractivity (Wildman–Crippen MR) is 76.1 cm³/mol. The lowest BCUT2D eigenvalue weighted by atomic mass is 10.0. The standard InChI is InChI=1S/C16H23NO2/c1-11(2)9-15(16(18)19)17-10-12-3-5-13(6-4-12)14-7-8-14/h3-6,11,14-15,17H,7-10H2,1-2H3,(H,18,19). The minimum atomic E-state index is -0.761. The number of aliphatic carboxylic acids is 1. The number of benzene rings is 1. The summed E-state index contributed by atoms with van der Waals surface area (Å²) in [5, 5.41) is 12.3. The van der Waals surface area contributed by atoms with E-state index in [1.165, 1.54) is 18.4 Å². The normalized spacial score (nSPS) is 16.6. The SMILES string of the molecule is CC(C)CC(NCc1ccc(C2CC2)cc1)C(=O)O. The first-order chi connectivity index (χ1) is 9.06. The summed E-state index contributed by atoms with van der Waals surface area (Å²) in [6.07, 6.45) is 3.29. The molecule has 1 unspecified atom stereocenters. The molecule has 1 aromatic carbocycles. The molecule has 1 aromatic rings. The van der Waals surface area contributed by atoms with Crippen LogP contribution in [0.4, 0.5) is 0 Å². The third-order valence-electron chi connectivity index (χ3n) is 3.59. The van der Waals surface area contributed by atoms with E-state index in [-0.39, 0.29) is 0 Å². The Bertz CT molecular complexity index is 421. The largest absolute Gasteiger partial charge is 0.480 e. The van der Waals surface area contributed by atoms with E-state index in [1.807, 2.05) is 13.8 Å². The Labute approximate surface area is 115 Å². The van der Waals surface area contributed by atoms with Crippen LogP contribution in [0.1, 0.15) is 50.2 Å². The number of carbonyl (C=O) groups is 1. The van der Waals surface area contributed by atoms with Crippen LogP contribution in [0.5, 0.6) is 0 Å². The van der Waals surface area contributed by atoms with Crippen molar-refractivity contribution in [2.75, 3.05) is 0 Å². The highest BCUT2D eigenvalue weighted by Gasteiger charge is 2.23. The molecular formula is C16H23NO2. The van der Waals surface area contributed by atoms with Crippen LogP contribution in [0.15, 0.2) is 24.3 Å². The molecular weight excluding hydrogens is 238 g/mol. The molecule has 1 fully saturated rings. The fraction of sp³-hybridized carbons (Fsp3) is 0.562. The topological polar surface area (TPSA) is 49.3 Å². The summed E-state index contributed by atoms with van der Waals surface area (Å²) in [5.74, 6) is 0.392. The Morgan fingerprint density at radius 3 is 2.42 bits per heavy atom. The molecule has 0 amide bonds. The van der Waals surface area contributed by atoms with Gasteiger partial charge in [-0.1, -0.05) is 38.1 Å². The van der Waals surface area contributed by atoms with Gasteiger partial charge in [0.1, 0.15) is 6.04 Å². The highest BCUT2D eigenvalue weighted by molar-refractivity contribution is 5.73. The zero-order chi connectivity index (χ0) is 13.8. The van der Waals surface area contributed by atoms with Gasteiger partial charge in [-0.05, 0) is 42.2 Å². The predicted octanol–water partition coefficient (Wildman–Crippen LogP) is 3.15. The van der Waals surface area contributed by atoms with Gasteiger partial charge in [-0.3, -0.25) is 4.79 Å². The number of nitrogens with one attached hydrogen (secondary N) is 1. The fourth-order valence-corrected chi connectivity index (χ4v) is 2.31. The highest BCUT2D eigenvalue weighted by Crippen LogP contribution is 2.39. The van der Waals surface area contributed by atoms with Gasteiger partial charge in [-0.15, -0.1) is 0 Å². The molecule has 2 rings (SSSR count). The molecule has 0 bridgehead atoms. The quantitative estimate of drug-likeness (QED) is 0.792. The van der Waals surface area contributed by atoms with E-state index in [9.17, 15) is 4.79 Å². The molecule has 0 aromatic heterocycles. The van der Waals surface area contributed by atoms with E-state index >= 15 is 0 Å². The van der Waals surface area contributed by atoms with Gasteiger partial charge in [0.15, 0.2) is 0 Å². The Morgan fingerprint density at radius 1 is 1.32 bits per heavy atom. The third-order valence-corrected chi connectivity index (χ3v) is 3.59. The van der Waals surface area contributed by atoms with E-state index in [0.29, 0.717) is 18.9 Å². The van der Waals surface area contributed by atoms with Crippen molar-refractivity contribution >= 4 is 5.97 Å². The van der Waals surface area contributed by atoms with Crippen molar-refractivity contribution in [3.05, 3.63) is 35.4 Å². The van der Waals surface area contributed by atoms with Crippen molar-refractivity contribution in [2.24, 2.45) is 5.92 Å². The second-order valence-electron chi connectivity index (χ2n) is 5.92. The maximum Gasteiger partial charge on any atom is 0.320 e. The first-order valence-electron chi connectivity index (χ1n) is 7.11. The third kappa shape index (κ3) is 4.35. The summed E-state index contributed by atoms with van der Waals surface area (Å²) in [6, 6.07) is 8.10. The Kier molecular flexibility index (Phi) is 4.59. The van der Waals surface area contributed by atoms with Crippen LogP contribution in [-0.2, 0) is 11.3 Å². The van der Waals surface area contributed by atoms with Crippen molar-refractivity contribution in [3.8, 4) is 0 Å². The zero-order valence-corrected chi connectivity index (χ0v) is 11.7. The lowest BCUT2D eigenvalue weighted by Gasteiger charge is -2.16. The molecule has 19 heavy (non-hydrogen) atoms. The van der Waals surface area contributed by atoms with E-state index in [1.54, 1.807) is 0 Å². The van der Waals surface area contributed by atoms with Gasteiger partial charge in [0.05, 0.1) is 0 Å². The first-order valence-corrected chi connectivity index (χ1v) is 7.11. The summed E-state index contributed by atoms with van der Waals surface area (Å²) >= 11 is 0. The average molecular weight is 261 g/mol. The molecule has 3 nitrogen and oxygen atoms in total. The number of hydrogen-bond acceptors (Lipinski definition) is 2. The van der Waals surface area contributed by atoms with Crippen molar-refractivity contribution in [2.45, 2.75) is 51.6 Å². The lowest BCUT2D eigenvalue weighted by Crippen LogP contribution is -2.37. The molecule has 0 saturated heterocycles. The van der Waals surface area contributed by atoms with Crippen LogP contribution in [0, 0.1) is 5.92 Å². The summed E-state index contributed by atoms with van der Waals surface area (Å²) < 4.78 is 0. The van der Waals surface area contributed by atoms with Gasteiger partial charge in [0.2, 0.25) is 0 Å². The number of carboxylic acid groups (broad SMARTS) is 1. The van der Waals surface area contributed by atoms with Crippen LogP contribution in [-0.4, -0.2) is 17.1 Å². The van der Waals surface area contributed by atoms with E-state index in [4.69, 9.17) is 5.11 Å². The average Bonchev–Trinajstić information content (AvgIpc) is 3.18. The Hall–Kier alpha value is -1.35. The van der Waals surface area contributed by atoms with E-state index in [2.05, 4.69) is 29.6 Å². The second kappa shape index (κ2) is 6.20. The van der Waals surface area contributed by atoms with E-state index < -0.39 is 12.0 Å². The van der Waals surface area contributed by atoms with Crippen LogP contribution < -0.4 is 5.32 Å². The Morgan fingerprint density at radius 2 is 1.95 bits per heavy atom. The minimum Gasteiger partial charge on any atom is -0.480 e. The number of carboxylic acids is 1. The van der Waals surface area contributed by atoms with Crippen molar-refractivity contribution in [1.29, 1.82) is 0 Å². The molecule has 1 saturated carbocycles. The van der Waals surface area contributed by atoms with Gasteiger partial charge in [0, 0.05) is 6.54 Å². The number of rotatable bonds is 7. The number of hydrogen-bond donors (Lipinski definition) is 2. The molecule has 0 radical (unpaired) electrons. The Balaban J connectivity index is 1.87. The second-order valence-corrected chi connectivity index (χ2v) is 5.92. The van der Waals surface area contributed by atoms with Crippen molar-refractivity contribution in [3.63, 3.8) is 0 Å². The molecule has 1 aliphatic carbocycles. The molecule has 0 spiro atoms. The molecule has 0 aliphatic heterocycles. The van der Waals surface area contributed by atoms with Crippen molar-refractivity contribution in [1.82, 2.24) is 5.32 Å². The van der Waals surface area contributed by atoms with Crippen LogP contribution >= 0.6 is 0 Å². The molecule has 104 valence electrons. The van der Waals surface area contributed by atoms with Gasteiger partial charge in [0.25, 0.3) is 0 Å². The molecule has 1 aliphatic rings. The van der Waals surface area contributed by atoms with Gasteiger partial charge < -0.3 is 10.4 Å². The molecule has 0 heterocycles. The van der Waals surface area contributed by atoms with Crippen molar-refractivity contribution < 1.29 is 9.90 Å². The molecule has 3 heteroatoms. The van der Waals surface area contributed by atoms with Crippen LogP contribution in [0.2, 0.25) is 0 Å². The minimum absolute atomic E-state index is 0.380. The van der Waals surface area contributed by atoms with Crippen LogP contribution in [0.25, 0.3) is 0 Å². The maximum atomic E-state index is 11.1.